The van der Waals surface area contributed by atoms with Gasteiger partial charge in [-0.3, -0.25) is 14.4 Å². The summed E-state index contributed by atoms with van der Waals surface area (Å²) in [5.74, 6) is -0.705. The van der Waals surface area contributed by atoms with Gasteiger partial charge < -0.3 is 10.6 Å². The number of hydrogen-bond acceptors (Lipinski definition) is 4. The molecule has 0 aliphatic rings. The average Bonchev–Trinajstić information content (AvgIpc) is 2.78. The van der Waals surface area contributed by atoms with Crippen molar-refractivity contribution in [2.45, 2.75) is 40.2 Å². The molecule has 0 aliphatic heterocycles. The van der Waals surface area contributed by atoms with Crippen LogP contribution in [0.25, 0.3) is 11.3 Å². The second kappa shape index (κ2) is 9.78. The van der Waals surface area contributed by atoms with E-state index in [1.165, 1.54) is 6.07 Å². The Bertz CT molecular complexity index is 1220. The van der Waals surface area contributed by atoms with Crippen LogP contribution in [0.5, 0.6) is 0 Å². The van der Waals surface area contributed by atoms with Gasteiger partial charge in [-0.2, -0.15) is 5.10 Å². The van der Waals surface area contributed by atoms with E-state index in [0.29, 0.717) is 22.0 Å². The van der Waals surface area contributed by atoms with E-state index >= 15 is 0 Å². The number of nitrogens with one attached hydrogen (secondary N) is 2. The van der Waals surface area contributed by atoms with Crippen LogP contribution in [0.1, 0.15) is 37.4 Å². The molecule has 0 radical (unpaired) electrons. The number of benzene rings is 2. The van der Waals surface area contributed by atoms with Crippen molar-refractivity contribution >= 4 is 34.8 Å². The summed E-state index contributed by atoms with van der Waals surface area (Å²) in [6.07, 6.45) is 0.209. The first-order valence-corrected chi connectivity index (χ1v) is 10.7. The van der Waals surface area contributed by atoms with Crippen LogP contribution < -0.4 is 16.2 Å². The molecular weight excluding hydrogens is 428 g/mol. The Morgan fingerprint density at radius 1 is 1.06 bits per heavy atom. The number of anilines is 2. The summed E-state index contributed by atoms with van der Waals surface area (Å²) in [6, 6.07) is 13.1. The fraction of sp³-hybridized carbons (Fsp3) is 0.250. The van der Waals surface area contributed by atoms with E-state index in [9.17, 15) is 14.4 Å². The number of aryl methyl sites for hydroxylation is 1. The predicted molar refractivity (Wildman–Crippen MR) is 127 cm³/mol. The molecule has 32 heavy (non-hydrogen) atoms. The van der Waals surface area contributed by atoms with E-state index in [-0.39, 0.29) is 18.0 Å². The number of nitrogens with zero attached hydrogens (tertiary/aromatic N) is 2. The Kier molecular flexibility index (Phi) is 7.10. The topological polar surface area (TPSA) is 93.1 Å². The lowest BCUT2D eigenvalue weighted by Gasteiger charge is -2.18. The maximum atomic E-state index is 13.1. The minimum atomic E-state index is -0.924. The van der Waals surface area contributed by atoms with E-state index in [2.05, 4.69) is 15.7 Å². The number of halogens is 1. The fourth-order valence-electron chi connectivity index (χ4n) is 3.10. The summed E-state index contributed by atoms with van der Waals surface area (Å²) < 4.78 is 1.09. The highest BCUT2D eigenvalue weighted by molar-refractivity contribution is 6.30. The molecule has 7 nitrogen and oxygen atoms in total. The molecule has 0 saturated heterocycles. The van der Waals surface area contributed by atoms with Crippen molar-refractivity contribution in [2.75, 3.05) is 10.6 Å². The zero-order valence-corrected chi connectivity index (χ0v) is 19.2. The number of hydrogen-bond donors (Lipinski definition) is 2. The second-order valence-corrected chi connectivity index (χ2v) is 7.95. The first kappa shape index (κ1) is 23.2. The van der Waals surface area contributed by atoms with Crippen LogP contribution in [0.15, 0.2) is 53.3 Å². The molecule has 0 aliphatic carbocycles. The zero-order valence-electron chi connectivity index (χ0n) is 18.4. The largest absolute Gasteiger partial charge is 0.324 e. The third-order valence-corrected chi connectivity index (χ3v) is 5.53. The lowest BCUT2D eigenvalue weighted by atomic mass is 10.1. The Hall–Kier alpha value is -3.45. The van der Waals surface area contributed by atoms with Crippen LogP contribution in [-0.4, -0.2) is 21.6 Å². The molecule has 2 aromatic carbocycles. The van der Waals surface area contributed by atoms with E-state index in [0.717, 1.165) is 15.8 Å². The Morgan fingerprint density at radius 2 is 1.75 bits per heavy atom. The number of carbonyl (C=O) groups excluding carboxylic acids is 2. The third kappa shape index (κ3) is 5.06. The van der Waals surface area contributed by atoms with Crippen LogP contribution in [0, 0.1) is 13.8 Å². The summed E-state index contributed by atoms with van der Waals surface area (Å²) in [5, 5.41) is 10.5. The zero-order chi connectivity index (χ0) is 23.4. The summed E-state index contributed by atoms with van der Waals surface area (Å²) in [6.45, 7) is 7.15. The highest BCUT2D eigenvalue weighted by Crippen LogP contribution is 2.23. The van der Waals surface area contributed by atoms with Crippen LogP contribution in [0.4, 0.5) is 11.4 Å². The molecule has 0 fully saturated rings. The second-order valence-electron chi connectivity index (χ2n) is 7.51. The van der Waals surface area contributed by atoms with Gasteiger partial charge in [0.2, 0.25) is 11.8 Å². The molecule has 0 spiro atoms. The number of carbonyl (C=O) groups is 2. The van der Waals surface area contributed by atoms with Gasteiger partial charge in [-0.25, -0.2) is 4.68 Å². The molecular formula is C24H25ClN4O3. The first-order valence-electron chi connectivity index (χ1n) is 10.3. The minimum absolute atomic E-state index is 0.0585. The number of aromatic nitrogens is 2. The Morgan fingerprint density at radius 3 is 2.41 bits per heavy atom. The van der Waals surface area contributed by atoms with Crippen molar-refractivity contribution < 1.29 is 9.59 Å². The van der Waals surface area contributed by atoms with Gasteiger partial charge in [0.05, 0.1) is 5.69 Å². The van der Waals surface area contributed by atoms with Crippen LogP contribution in [0.3, 0.4) is 0 Å². The molecule has 3 rings (SSSR count). The van der Waals surface area contributed by atoms with E-state index in [1.54, 1.807) is 44.2 Å². The van der Waals surface area contributed by atoms with Crippen molar-refractivity contribution in [3.8, 4) is 11.3 Å². The number of amides is 2. The van der Waals surface area contributed by atoms with Crippen molar-refractivity contribution in [3.05, 3.63) is 75.0 Å². The van der Waals surface area contributed by atoms with Crippen molar-refractivity contribution in [1.82, 2.24) is 9.78 Å². The van der Waals surface area contributed by atoms with Gasteiger partial charge in [-0.1, -0.05) is 42.8 Å². The lowest BCUT2D eigenvalue weighted by molar-refractivity contribution is -0.119. The summed E-state index contributed by atoms with van der Waals surface area (Å²) in [7, 11) is 0. The van der Waals surface area contributed by atoms with E-state index in [1.807, 2.05) is 26.0 Å². The summed E-state index contributed by atoms with van der Waals surface area (Å²) in [4.78, 5) is 38.0. The molecule has 1 atom stereocenters. The van der Waals surface area contributed by atoms with Crippen LogP contribution in [-0.2, 0) is 9.59 Å². The molecule has 1 aromatic heterocycles. The fourth-order valence-corrected chi connectivity index (χ4v) is 3.23. The Labute approximate surface area is 191 Å². The molecule has 3 aromatic rings. The van der Waals surface area contributed by atoms with E-state index in [4.69, 9.17) is 11.6 Å². The van der Waals surface area contributed by atoms with Gasteiger partial charge >= 0.3 is 0 Å². The highest BCUT2D eigenvalue weighted by atomic mass is 35.5. The molecule has 0 saturated carbocycles. The van der Waals surface area contributed by atoms with Gasteiger partial charge in [0, 0.05) is 22.7 Å². The van der Waals surface area contributed by atoms with Crippen molar-refractivity contribution in [2.24, 2.45) is 0 Å². The molecule has 0 bridgehead atoms. The SMILES string of the molecule is CCC(=O)Nc1cc(-c2ccc(Cl)cc2)nn([C@@H](C)C(=O)Nc2cccc(C)c2C)c1=O. The van der Waals surface area contributed by atoms with Gasteiger partial charge in [0.25, 0.3) is 5.56 Å². The highest BCUT2D eigenvalue weighted by Gasteiger charge is 2.22. The summed E-state index contributed by atoms with van der Waals surface area (Å²) in [5.41, 5.74) is 3.27. The molecule has 8 heteroatoms. The predicted octanol–water partition coefficient (Wildman–Crippen LogP) is 4.73. The molecule has 0 unspecified atom stereocenters. The van der Waals surface area contributed by atoms with Crippen molar-refractivity contribution in [1.29, 1.82) is 0 Å². The van der Waals surface area contributed by atoms with Gasteiger partial charge in [-0.05, 0) is 56.2 Å². The first-order chi connectivity index (χ1) is 15.2. The third-order valence-electron chi connectivity index (χ3n) is 5.28. The molecule has 2 amide bonds. The Balaban J connectivity index is 2.03. The molecule has 166 valence electrons. The maximum absolute atomic E-state index is 13.1. The van der Waals surface area contributed by atoms with Crippen LogP contribution in [0.2, 0.25) is 5.02 Å². The van der Waals surface area contributed by atoms with Crippen molar-refractivity contribution in [3.63, 3.8) is 0 Å². The number of rotatable bonds is 6. The standard InChI is InChI=1S/C24H25ClN4O3/c1-5-22(30)26-21-13-20(17-9-11-18(25)12-10-17)28-29(24(21)32)16(4)23(31)27-19-8-6-7-14(2)15(19)3/h6-13,16H,5H2,1-4H3,(H,26,30)(H,27,31)/t16-/m0/s1. The monoisotopic (exact) mass is 452 g/mol. The smallest absolute Gasteiger partial charge is 0.291 e. The van der Waals surface area contributed by atoms with Crippen LogP contribution >= 0.6 is 11.6 Å². The lowest BCUT2D eigenvalue weighted by Crippen LogP contribution is -2.35. The normalized spacial score (nSPS) is 11.7. The maximum Gasteiger partial charge on any atom is 0.291 e. The van der Waals surface area contributed by atoms with E-state index < -0.39 is 17.5 Å². The summed E-state index contributed by atoms with van der Waals surface area (Å²) >= 11 is 5.98. The van der Waals surface area contributed by atoms with Gasteiger partial charge in [-0.15, -0.1) is 0 Å². The molecule has 2 N–H and O–H groups in total. The van der Waals surface area contributed by atoms with Gasteiger partial charge in [0.15, 0.2) is 0 Å². The quantitative estimate of drug-likeness (QED) is 0.565. The molecule has 1 heterocycles. The average molecular weight is 453 g/mol. The van der Waals surface area contributed by atoms with Gasteiger partial charge in [0.1, 0.15) is 11.7 Å². The minimum Gasteiger partial charge on any atom is -0.324 e.